The normalized spacial score (nSPS) is 23.1. The van der Waals surface area contributed by atoms with Gasteiger partial charge < -0.3 is 0 Å². The molecule has 0 spiro atoms. The van der Waals surface area contributed by atoms with E-state index in [1.807, 2.05) is 32.0 Å². The van der Waals surface area contributed by atoms with Crippen molar-refractivity contribution in [2.24, 2.45) is 5.11 Å². The zero-order chi connectivity index (χ0) is 13.3. The molecular formula is C15H18N2O. The largest absolute Gasteiger partial charge is 0.299 e. The Labute approximate surface area is 107 Å². The minimum absolute atomic E-state index is 0.311. The van der Waals surface area contributed by atoms with Gasteiger partial charge in [0.05, 0.1) is 11.1 Å². The average molecular weight is 242 g/mol. The van der Waals surface area contributed by atoms with Gasteiger partial charge >= 0.3 is 0 Å². The molecule has 1 atom stereocenters. The molecule has 1 aliphatic rings. The Bertz CT molecular complexity index is 533. The Balaban J connectivity index is 2.50. The van der Waals surface area contributed by atoms with E-state index in [0.717, 1.165) is 29.5 Å². The number of carbonyl (C=O) groups excluding carboxylic acids is 1. The second kappa shape index (κ2) is 4.48. The topological polar surface area (TPSA) is 53.3 Å². The lowest BCUT2D eigenvalue weighted by Crippen LogP contribution is -2.26. The number of carbonyl (C=O) groups is 1. The van der Waals surface area contributed by atoms with Crippen LogP contribution >= 0.6 is 0 Å². The van der Waals surface area contributed by atoms with Gasteiger partial charge in [-0.05, 0) is 43.9 Å². The molecule has 0 radical (unpaired) electrons. The van der Waals surface area contributed by atoms with Crippen molar-refractivity contribution in [2.45, 2.75) is 38.5 Å². The van der Waals surface area contributed by atoms with Gasteiger partial charge in [0.1, 0.15) is 5.78 Å². The van der Waals surface area contributed by atoms with Gasteiger partial charge in [-0.15, -0.1) is 0 Å². The molecule has 2 rings (SSSR count). The molecule has 18 heavy (non-hydrogen) atoms. The minimum atomic E-state index is -0.370. The number of ketones is 1. The predicted octanol–water partition coefficient (Wildman–Crippen LogP) is 4.01. The van der Waals surface area contributed by atoms with E-state index in [-0.39, 0.29) is 5.41 Å². The molecule has 1 aliphatic carbocycles. The summed E-state index contributed by atoms with van der Waals surface area (Å²) in [6, 6.07) is 5.97. The highest BCUT2D eigenvalue weighted by molar-refractivity contribution is 5.92. The van der Waals surface area contributed by atoms with Crippen LogP contribution in [0, 0.1) is 12.5 Å². The summed E-state index contributed by atoms with van der Waals surface area (Å²) in [4.78, 5) is 12.0. The first-order valence-corrected chi connectivity index (χ1v) is 6.20. The van der Waals surface area contributed by atoms with E-state index >= 15 is 0 Å². The van der Waals surface area contributed by atoms with Crippen LogP contribution in [0.15, 0.2) is 29.9 Å². The first kappa shape index (κ1) is 12.7. The van der Waals surface area contributed by atoms with Crippen LogP contribution in [0.2, 0.25) is 0 Å². The maximum absolute atomic E-state index is 12.0. The van der Waals surface area contributed by atoms with Crippen LogP contribution in [0.1, 0.15) is 42.9 Å². The number of benzene rings is 1. The van der Waals surface area contributed by atoms with Gasteiger partial charge in [0.2, 0.25) is 0 Å². The third-order valence-electron chi connectivity index (χ3n) is 4.02. The molecule has 0 heterocycles. The average Bonchev–Trinajstić information content (AvgIpc) is 2.70. The monoisotopic (exact) mass is 242 g/mol. The Hall–Kier alpha value is -1.77. The summed E-state index contributed by atoms with van der Waals surface area (Å²) in [5, 5.41) is 3.40. The highest BCUT2D eigenvalue weighted by atomic mass is 16.1. The van der Waals surface area contributed by atoms with Crippen molar-refractivity contribution in [3.05, 3.63) is 41.5 Å². The summed E-state index contributed by atoms with van der Waals surface area (Å²) >= 11 is 0. The summed E-state index contributed by atoms with van der Waals surface area (Å²) in [7, 11) is 0. The molecular weight excluding hydrogens is 224 g/mol. The standard InChI is InChI=1S/C15H18N2O/c1-10-6-7-12(9-13(10)11(2)17-16)15(3)8-4-5-14(15)18/h6-7,9,16H,2,4-5,8H2,1,3H3. The fraction of sp³-hybridized carbons (Fsp3) is 0.400. The second-order valence-corrected chi connectivity index (χ2v) is 5.20. The molecule has 1 N–H and O–H groups in total. The Morgan fingerprint density at radius 3 is 2.78 bits per heavy atom. The third kappa shape index (κ3) is 1.90. The molecule has 3 nitrogen and oxygen atoms in total. The maximum Gasteiger partial charge on any atom is 0.143 e. The number of hydrogen-bond donors (Lipinski definition) is 1. The van der Waals surface area contributed by atoms with E-state index < -0.39 is 0 Å². The molecule has 1 aromatic rings. The number of hydrogen-bond acceptors (Lipinski definition) is 3. The first-order valence-electron chi connectivity index (χ1n) is 6.20. The lowest BCUT2D eigenvalue weighted by molar-refractivity contribution is -0.121. The predicted molar refractivity (Wildman–Crippen MR) is 71.6 cm³/mol. The SMILES string of the molecule is C=C(N=N)c1cc(C2(C)CCCC2=O)ccc1C. The van der Waals surface area contributed by atoms with Gasteiger partial charge in [0.15, 0.2) is 0 Å². The van der Waals surface area contributed by atoms with E-state index in [9.17, 15) is 4.79 Å². The van der Waals surface area contributed by atoms with Crippen molar-refractivity contribution in [1.82, 2.24) is 0 Å². The molecule has 1 fully saturated rings. The molecule has 1 saturated carbocycles. The van der Waals surface area contributed by atoms with Crippen LogP contribution < -0.4 is 0 Å². The molecule has 0 saturated heterocycles. The summed E-state index contributed by atoms with van der Waals surface area (Å²) in [5.74, 6) is 0.311. The molecule has 0 amide bonds. The van der Waals surface area contributed by atoms with Crippen molar-refractivity contribution in [2.75, 3.05) is 0 Å². The van der Waals surface area contributed by atoms with Crippen molar-refractivity contribution >= 4 is 11.5 Å². The van der Waals surface area contributed by atoms with Crippen molar-refractivity contribution in [3.8, 4) is 0 Å². The van der Waals surface area contributed by atoms with Crippen LogP contribution in [0.4, 0.5) is 0 Å². The van der Waals surface area contributed by atoms with E-state index in [0.29, 0.717) is 17.9 Å². The van der Waals surface area contributed by atoms with Crippen molar-refractivity contribution in [3.63, 3.8) is 0 Å². The van der Waals surface area contributed by atoms with Gasteiger partial charge in [-0.3, -0.25) is 4.79 Å². The van der Waals surface area contributed by atoms with Gasteiger partial charge in [-0.2, -0.15) is 5.11 Å². The smallest absolute Gasteiger partial charge is 0.143 e. The van der Waals surface area contributed by atoms with E-state index in [4.69, 9.17) is 5.53 Å². The van der Waals surface area contributed by atoms with Gasteiger partial charge in [-0.25, -0.2) is 5.53 Å². The van der Waals surface area contributed by atoms with E-state index in [2.05, 4.69) is 11.7 Å². The van der Waals surface area contributed by atoms with Crippen LogP contribution in [-0.4, -0.2) is 5.78 Å². The van der Waals surface area contributed by atoms with Crippen LogP contribution in [0.3, 0.4) is 0 Å². The maximum atomic E-state index is 12.0. The Morgan fingerprint density at radius 2 is 2.22 bits per heavy atom. The third-order valence-corrected chi connectivity index (χ3v) is 4.02. The molecule has 0 bridgehead atoms. The Kier molecular flexibility index (Phi) is 3.16. The molecule has 3 heteroatoms. The summed E-state index contributed by atoms with van der Waals surface area (Å²) in [6.45, 7) is 7.75. The highest BCUT2D eigenvalue weighted by Gasteiger charge is 2.38. The molecule has 1 aromatic carbocycles. The summed E-state index contributed by atoms with van der Waals surface area (Å²) in [6.07, 6.45) is 2.53. The van der Waals surface area contributed by atoms with Crippen LogP contribution in [0.5, 0.6) is 0 Å². The van der Waals surface area contributed by atoms with Gasteiger partial charge in [0, 0.05) is 12.0 Å². The fourth-order valence-corrected chi connectivity index (χ4v) is 2.66. The van der Waals surface area contributed by atoms with Crippen LogP contribution in [-0.2, 0) is 10.2 Å². The number of rotatable bonds is 3. The van der Waals surface area contributed by atoms with Gasteiger partial charge in [0.25, 0.3) is 0 Å². The van der Waals surface area contributed by atoms with Crippen LogP contribution in [0.25, 0.3) is 5.70 Å². The van der Waals surface area contributed by atoms with E-state index in [1.165, 1.54) is 0 Å². The summed E-state index contributed by atoms with van der Waals surface area (Å²) < 4.78 is 0. The number of Topliss-reactive ketones (excluding diaryl/α,β-unsaturated/α-hetero) is 1. The number of aryl methyl sites for hydroxylation is 1. The second-order valence-electron chi connectivity index (χ2n) is 5.20. The molecule has 0 aromatic heterocycles. The fourth-order valence-electron chi connectivity index (χ4n) is 2.66. The van der Waals surface area contributed by atoms with Crippen molar-refractivity contribution in [1.29, 1.82) is 5.53 Å². The number of nitrogens with one attached hydrogen (secondary N) is 1. The lowest BCUT2D eigenvalue weighted by Gasteiger charge is -2.23. The summed E-state index contributed by atoms with van der Waals surface area (Å²) in [5.41, 5.74) is 10.1. The van der Waals surface area contributed by atoms with Crippen molar-refractivity contribution < 1.29 is 4.79 Å². The highest BCUT2D eigenvalue weighted by Crippen LogP contribution is 2.39. The lowest BCUT2D eigenvalue weighted by atomic mass is 9.79. The minimum Gasteiger partial charge on any atom is -0.299 e. The first-order chi connectivity index (χ1) is 8.49. The quantitative estimate of drug-likeness (QED) is 0.800. The van der Waals surface area contributed by atoms with E-state index in [1.54, 1.807) is 0 Å². The number of nitrogens with zero attached hydrogens (tertiary/aromatic N) is 1. The molecule has 0 aliphatic heterocycles. The molecule has 94 valence electrons. The Morgan fingerprint density at radius 1 is 1.50 bits per heavy atom. The molecule has 1 unspecified atom stereocenters. The van der Waals surface area contributed by atoms with Gasteiger partial charge in [-0.1, -0.05) is 18.7 Å². The zero-order valence-electron chi connectivity index (χ0n) is 10.9. The zero-order valence-corrected chi connectivity index (χ0v) is 10.9.